The molecule has 0 radical (unpaired) electrons. The molecule has 0 heterocycles. The van der Waals surface area contributed by atoms with Crippen LogP contribution in [-0.2, 0) is 14.8 Å². The van der Waals surface area contributed by atoms with Gasteiger partial charge in [-0.2, -0.15) is 0 Å². The Morgan fingerprint density at radius 2 is 2.00 bits per heavy atom. The first kappa shape index (κ1) is 17.4. The second-order valence-electron chi connectivity index (χ2n) is 4.05. The van der Waals surface area contributed by atoms with Crippen LogP contribution < -0.4 is 10.0 Å². The van der Waals surface area contributed by atoms with Crippen molar-refractivity contribution in [3.05, 3.63) is 28.8 Å². The fraction of sp³-hybridized carbons (Fsp3) is 0.333. The first-order valence-corrected chi connectivity index (χ1v) is 7.93. The molecule has 0 bridgehead atoms. The van der Waals surface area contributed by atoms with E-state index in [-0.39, 0.29) is 34.4 Å². The van der Waals surface area contributed by atoms with Gasteiger partial charge in [-0.1, -0.05) is 11.6 Å². The highest BCUT2D eigenvalue weighted by Crippen LogP contribution is 2.22. The van der Waals surface area contributed by atoms with Crippen LogP contribution in [0.2, 0.25) is 5.02 Å². The van der Waals surface area contributed by atoms with E-state index in [9.17, 15) is 18.0 Å². The predicted octanol–water partition coefficient (Wildman–Crippen LogP) is 0.843. The molecule has 0 saturated heterocycles. The Bertz CT molecular complexity index is 645. The molecular formula is C12H15ClN2O5S. The molecule has 0 aliphatic carbocycles. The number of carbonyl (C=O) groups excluding carboxylic acids is 1. The number of amides is 1. The monoisotopic (exact) mass is 334 g/mol. The molecule has 9 heteroatoms. The third-order valence-electron chi connectivity index (χ3n) is 2.49. The highest BCUT2D eigenvalue weighted by atomic mass is 35.5. The lowest BCUT2D eigenvalue weighted by atomic mass is 10.2. The number of carboxylic acids is 1. The number of carbonyl (C=O) groups is 2. The lowest BCUT2D eigenvalue weighted by Crippen LogP contribution is -2.30. The first-order chi connectivity index (χ1) is 9.77. The molecule has 0 aliphatic heterocycles. The van der Waals surface area contributed by atoms with E-state index in [1.165, 1.54) is 12.1 Å². The standard InChI is InChI=1S/C12H15ClN2O5S/c1-2-14-11(16)5-6-15-21(19,20)10-7-8(12(17)18)3-4-9(10)13/h3-4,7,15H,2,5-6H2,1H3,(H,14,16)(H,17,18). The molecule has 116 valence electrons. The van der Waals surface area contributed by atoms with E-state index >= 15 is 0 Å². The van der Waals surface area contributed by atoms with Crippen molar-refractivity contribution in [2.75, 3.05) is 13.1 Å². The van der Waals surface area contributed by atoms with Crippen LogP contribution in [0.25, 0.3) is 0 Å². The van der Waals surface area contributed by atoms with E-state index in [4.69, 9.17) is 16.7 Å². The number of hydrogen-bond acceptors (Lipinski definition) is 4. The molecular weight excluding hydrogens is 320 g/mol. The molecule has 1 aromatic rings. The van der Waals surface area contributed by atoms with Gasteiger partial charge in [0.2, 0.25) is 15.9 Å². The van der Waals surface area contributed by atoms with Crippen molar-refractivity contribution >= 4 is 33.5 Å². The molecule has 0 aromatic heterocycles. The lowest BCUT2D eigenvalue weighted by molar-refractivity contribution is -0.120. The summed E-state index contributed by atoms with van der Waals surface area (Å²) >= 11 is 5.79. The average molecular weight is 335 g/mol. The van der Waals surface area contributed by atoms with Gasteiger partial charge >= 0.3 is 5.97 Å². The van der Waals surface area contributed by atoms with Crippen LogP contribution in [-0.4, -0.2) is 38.5 Å². The fourth-order valence-corrected chi connectivity index (χ4v) is 3.06. The Kier molecular flexibility index (Phi) is 6.13. The molecule has 3 N–H and O–H groups in total. The smallest absolute Gasteiger partial charge is 0.335 e. The summed E-state index contributed by atoms with van der Waals surface area (Å²) in [5.41, 5.74) is -0.191. The number of hydrogen-bond donors (Lipinski definition) is 3. The molecule has 7 nitrogen and oxygen atoms in total. The molecule has 0 saturated carbocycles. The summed E-state index contributed by atoms with van der Waals surface area (Å²) in [6, 6.07) is 3.38. The number of benzene rings is 1. The summed E-state index contributed by atoms with van der Waals surface area (Å²) in [7, 11) is -3.98. The molecule has 0 atom stereocenters. The minimum atomic E-state index is -3.98. The molecule has 1 amide bonds. The van der Waals surface area contributed by atoms with E-state index in [1.807, 2.05) is 0 Å². The highest BCUT2D eigenvalue weighted by Gasteiger charge is 2.20. The van der Waals surface area contributed by atoms with Crippen LogP contribution in [0, 0.1) is 0 Å². The zero-order chi connectivity index (χ0) is 16.0. The van der Waals surface area contributed by atoms with Crippen LogP contribution >= 0.6 is 11.6 Å². The van der Waals surface area contributed by atoms with Gasteiger partial charge in [0.25, 0.3) is 0 Å². The predicted molar refractivity (Wildman–Crippen MR) is 76.9 cm³/mol. The third kappa shape index (κ3) is 5.00. The largest absolute Gasteiger partial charge is 0.478 e. The second-order valence-corrected chi connectivity index (χ2v) is 6.19. The Hall–Kier alpha value is -1.64. The maximum Gasteiger partial charge on any atom is 0.335 e. The molecule has 0 unspecified atom stereocenters. The molecule has 0 spiro atoms. The molecule has 0 fully saturated rings. The van der Waals surface area contributed by atoms with Crippen molar-refractivity contribution in [2.24, 2.45) is 0 Å². The van der Waals surface area contributed by atoms with E-state index in [0.717, 1.165) is 6.07 Å². The van der Waals surface area contributed by atoms with Gasteiger partial charge in [-0.05, 0) is 25.1 Å². The van der Waals surface area contributed by atoms with Crippen LogP contribution in [0.1, 0.15) is 23.7 Å². The Balaban J connectivity index is 2.85. The summed E-state index contributed by atoms with van der Waals surface area (Å²) in [6.07, 6.45) is -0.0245. The number of aromatic carboxylic acids is 1. The van der Waals surface area contributed by atoms with Crippen molar-refractivity contribution in [1.29, 1.82) is 0 Å². The minimum absolute atomic E-state index is 0.0245. The fourth-order valence-electron chi connectivity index (χ4n) is 1.50. The van der Waals surface area contributed by atoms with Crippen LogP contribution in [0.3, 0.4) is 0 Å². The molecule has 1 rings (SSSR count). The minimum Gasteiger partial charge on any atom is -0.478 e. The normalized spacial score (nSPS) is 11.1. The maximum absolute atomic E-state index is 12.0. The molecule has 0 aliphatic rings. The zero-order valence-corrected chi connectivity index (χ0v) is 12.8. The maximum atomic E-state index is 12.0. The summed E-state index contributed by atoms with van der Waals surface area (Å²) in [6.45, 7) is 2.10. The quantitative estimate of drug-likeness (QED) is 0.684. The lowest BCUT2D eigenvalue weighted by Gasteiger charge is -2.09. The van der Waals surface area contributed by atoms with Crippen molar-refractivity contribution in [1.82, 2.24) is 10.0 Å². The van der Waals surface area contributed by atoms with Crippen molar-refractivity contribution in [2.45, 2.75) is 18.2 Å². The summed E-state index contributed by atoms with van der Waals surface area (Å²) in [5.74, 6) is -1.55. The van der Waals surface area contributed by atoms with E-state index in [1.54, 1.807) is 6.92 Å². The highest BCUT2D eigenvalue weighted by molar-refractivity contribution is 7.89. The third-order valence-corrected chi connectivity index (χ3v) is 4.43. The zero-order valence-electron chi connectivity index (χ0n) is 11.2. The Labute approximate surface area is 127 Å². The van der Waals surface area contributed by atoms with Gasteiger partial charge in [0.1, 0.15) is 4.90 Å². The van der Waals surface area contributed by atoms with Crippen LogP contribution in [0.5, 0.6) is 0 Å². The second kappa shape index (κ2) is 7.39. The summed E-state index contributed by atoms with van der Waals surface area (Å²) in [4.78, 5) is 21.7. The van der Waals surface area contributed by atoms with E-state index < -0.39 is 16.0 Å². The number of carboxylic acid groups (broad SMARTS) is 1. The van der Waals surface area contributed by atoms with Gasteiger partial charge in [-0.15, -0.1) is 0 Å². The number of sulfonamides is 1. The van der Waals surface area contributed by atoms with E-state index in [2.05, 4.69) is 10.0 Å². The molecule has 21 heavy (non-hydrogen) atoms. The van der Waals surface area contributed by atoms with Gasteiger partial charge in [0.15, 0.2) is 0 Å². The van der Waals surface area contributed by atoms with Gasteiger partial charge in [0.05, 0.1) is 10.6 Å². The number of rotatable bonds is 7. The number of nitrogens with one attached hydrogen (secondary N) is 2. The van der Waals surface area contributed by atoms with Gasteiger partial charge < -0.3 is 10.4 Å². The Morgan fingerprint density at radius 1 is 1.33 bits per heavy atom. The van der Waals surface area contributed by atoms with Crippen LogP contribution in [0.4, 0.5) is 0 Å². The summed E-state index contributed by atoms with van der Waals surface area (Å²) in [5, 5.41) is 11.3. The van der Waals surface area contributed by atoms with Crippen molar-refractivity contribution < 1.29 is 23.1 Å². The van der Waals surface area contributed by atoms with Gasteiger partial charge in [0, 0.05) is 19.5 Å². The van der Waals surface area contributed by atoms with Gasteiger partial charge in [-0.3, -0.25) is 4.79 Å². The van der Waals surface area contributed by atoms with Crippen molar-refractivity contribution in [3.63, 3.8) is 0 Å². The van der Waals surface area contributed by atoms with Crippen molar-refractivity contribution in [3.8, 4) is 0 Å². The number of halogens is 1. The average Bonchev–Trinajstić information content (AvgIpc) is 2.38. The van der Waals surface area contributed by atoms with E-state index in [0.29, 0.717) is 6.54 Å². The topological polar surface area (TPSA) is 113 Å². The Morgan fingerprint density at radius 3 is 2.57 bits per heavy atom. The SMILES string of the molecule is CCNC(=O)CCNS(=O)(=O)c1cc(C(=O)O)ccc1Cl. The van der Waals surface area contributed by atoms with Gasteiger partial charge in [-0.25, -0.2) is 17.9 Å². The van der Waals surface area contributed by atoms with Crippen LogP contribution in [0.15, 0.2) is 23.1 Å². The first-order valence-electron chi connectivity index (χ1n) is 6.07. The summed E-state index contributed by atoms with van der Waals surface area (Å²) < 4.78 is 26.3. The molecule has 1 aromatic carbocycles.